The third-order valence-corrected chi connectivity index (χ3v) is 5.10. The molecule has 0 spiro atoms. The quantitative estimate of drug-likeness (QED) is 0.426. The molecule has 4 rings (SSSR count). The van der Waals surface area contributed by atoms with E-state index in [2.05, 4.69) is 20.4 Å². The Kier molecular flexibility index (Phi) is 6.28. The van der Waals surface area contributed by atoms with Crippen LogP contribution < -0.4 is 5.32 Å². The molecule has 11 heteroatoms. The van der Waals surface area contributed by atoms with Crippen LogP contribution in [0.2, 0.25) is 5.15 Å². The zero-order chi connectivity index (χ0) is 23.6. The summed E-state index contributed by atoms with van der Waals surface area (Å²) in [6, 6.07) is 12.6. The Morgan fingerprint density at radius 3 is 2.52 bits per heavy atom. The fourth-order valence-electron chi connectivity index (χ4n) is 3.38. The van der Waals surface area contributed by atoms with Crippen molar-refractivity contribution >= 4 is 29.0 Å². The van der Waals surface area contributed by atoms with Gasteiger partial charge in [0.05, 0.1) is 29.4 Å². The van der Waals surface area contributed by atoms with Crippen molar-refractivity contribution in [1.29, 1.82) is 0 Å². The van der Waals surface area contributed by atoms with E-state index in [4.69, 9.17) is 11.6 Å². The Hall–Kier alpha value is -3.53. The lowest BCUT2D eigenvalue weighted by Gasteiger charge is -2.16. The summed E-state index contributed by atoms with van der Waals surface area (Å²) in [5.74, 6) is -1.09. The van der Waals surface area contributed by atoms with Crippen molar-refractivity contribution in [3.8, 4) is 0 Å². The standard InChI is InChI=1S/C22H16ClF4N5O/c23-18-2-1-3-19(29-18)30-20(33)12-32-11-16(17-9-6-14(10-28-17)22(25,26)27)21(31-32)13-4-7-15(24)8-5-13/h1-10,16H,11-12H2,(H,29,30,33). The van der Waals surface area contributed by atoms with Crippen molar-refractivity contribution in [3.05, 3.63) is 88.6 Å². The minimum Gasteiger partial charge on any atom is -0.309 e. The molecule has 1 N–H and O–H groups in total. The van der Waals surface area contributed by atoms with Gasteiger partial charge in [0.15, 0.2) is 0 Å². The molecule has 3 heterocycles. The first-order valence-corrected chi connectivity index (χ1v) is 10.1. The largest absolute Gasteiger partial charge is 0.417 e. The number of rotatable bonds is 5. The first-order chi connectivity index (χ1) is 15.7. The number of benzene rings is 1. The molecule has 2 aromatic heterocycles. The average Bonchev–Trinajstić information content (AvgIpc) is 3.17. The second-order valence-corrected chi connectivity index (χ2v) is 7.64. The Labute approximate surface area is 190 Å². The summed E-state index contributed by atoms with van der Waals surface area (Å²) in [6.07, 6.45) is -3.74. The Morgan fingerprint density at radius 1 is 1.12 bits per heavy atom. The van der Waals surface area contributed by atoms with E-state index in [9.17, 15) is 22.4 Å². The van der Waals surface area contributed by atoms with Gasteiger partial charge in [-0.25, -0.2) is 9.37 Å². The molecule has 6 nitrogen and oxygen atoms in total. The Balaban J connectivity index is 1.57. The van der Waals surface area contributed by atoms with Crippen molar-refractivity contribution < 1.29 is 22.4 Å². The number of hydrazone groups is 1. The topological polar surface area (TPSA) is 70.5 Å². The summed E-state index contributed by atoms with van der Waals surface area (Å²) in [7, 11) is 0. The molecule has 0 bridgehead atoms. The summed E-state index contributed by atoms with van der Waals surface area (Å²) in [5.41, 5.74) is 0.527. The van der Waals surface area contributed by atoms with E-state index in [1.165, 1.54) is 35.3 Å². The number of carbonyl (C=O) groups is 1. The highest BCUT2D eigenvalue weighted by Crippen LogP contribution is 2.32. The van der Waals surface area contributed by atoms with Gasteiger partial charge in [0.25, 0.3) is 0 Å². The molecule has 1 unspecified atom stereocenters. The van der Waals surface area contributed by atoms with Crippen LogP contribution in [0.3, 0.4) is 0 Å². The van der Waals surface area contributed by atoms with Crippen LogP contribution in [-0.2, 0) is 11.0 Å². The fraction of sp³-hybridized carbons (Fsp3) is 0.182. The zero-order valence-corrected chi connectivity index (χ0v) is 17.6. The number of nitrogens with zero attached hydrogens (tertiary/aromatic N) is 4. The van der Waals surface area contributed by atoms with Crippen LogP contribution in [0, 0.1) is 5.82 Å². The van der Waals surface area contributed by atoms with Crippen molar-refractivity contribution in [1.82, 2.24) is 15.0 Å². The summed E-state index contributed by atoms with van der Waals surface area (Å²) >= 11 is 5.82. The number of nitrogens with one attached hydrogen (secondary N) is 1. The SMILES string of the molecule is O=C(CN1CC(c2ccc(C(F)(F)F)cn2)C(c2ccc(F)cc2)=N1)Nc1cccc(Cl)n1. The van der Waals surface area contributed by atoms with Gasteiger partial charge in [0, 0.05) is 6.20 Å². The molecule has 3 aromatic rings. The zero-order valence-electron chi connectivity index (χ0n) is 16.9. The van der Waals surface area contributed by atoms with Gasteiger partial charge in [0.2, 0.25) is 5.91 Å². The van der Waals surface area contributed by atoms with Gasteiger partial charge >= 0.3 is 6.18 Å². The highest BCUT2D eigenvalue weighted by molar-refractivity contribution is 6.29. The summed E-state index contributed by atoms with van der Waals surface area (Å²) in [5, 5.41) is 8.78. The van der Waals surface area contributed by atoms with Crippen LogP contribution in [0.1, 0.15) is 22.7 Å². The van der Waals surface area contributed by atoms with E-state index in [0.29, 0.717) is 17.0 Å². The van der Waals surface area contributed by atoms with Crippen LogP contribution in [0.25, 0.3) is 0 Å². The van der Waals surface area contributed by atoms with Gasteiger partial charge in [-0.2, -0.15) is 18.3 Å². The second-order valence-electron chi connectivity index (χ2n) is 7.26. The minimum atomic E-state index is -4.51. The number of alkyl halides is 3. The van der Waals surface area contributed by atoms with Crippen LogP contribution in [0.5, 0.6) is 0 Å². The van der Waals surface area contributed by atoms with Crippen molar-refractivity contribution in [3.63, 3.8) is 0 Å². The van der Waals surface area contributed by atoms with Gasteiger partial charge in [-0.1, -0.05) is 29.8 Å². The second kappa shape index (κ2) is 9.14. The predicted octanol–water partition coefficient (Wildman–Crippen LogP) is 4.73. The Morgan fingerprint density at radius 2 is 1.88 bits per heavy atom. The maximum Gasteiger partial charge on any atom is 0.417 e. The number of hydrogen-bond acceptors (Lipinski definition) is 5. The van der Waals surface area contributed by atoms with E-state index < -0.39 is 29.4 Å². The molecule has 0 aliphatic carbocycles. The van der Waals surface area contributed by atoms with Crippen LogP contribution in [0.15, 0.2) is 65.9 Å². The van der Waals surface area contributed by atoms with E-state index in [0.717, 1.165) is 12.3 Å². The Bertz CT molecular complexity index is 1180. The molecule has 1 aliphatic heterocycles. The van der Waals surface area contributed by atoms with Crippen LogP contribution >= 0.6 is 11.6 Å². The third kappa shape index (κ3) is 5.46. The number of amides is 1. The smallest absolute Gasteiger partial charge is 0.309 e. The van der Waals surface area contributed by atoms with Gasteiger partial charge in [-0.15, -0.1) is 0 Å². The van der Waals surface area contributed by atoms with Gasteiger partial charge in [-0.3, -0.25) is 14.8 Å². The van der Waals surface area contributed by atoms with Gasteiger partial charge in [0.1, 0.15) is 23.3 Å². The summed E-state index contributed by atoms with van der Waals surface area (Å²) in [6.45, 7) is 0.0531. The molecule has 1 aromatic carbocycles. The number of carbonyl (C=O) groups excluding carboxylic acids is 1. The van der Waals surface area contributed by atoms with Crippen LogP contribution in [0.4, 0.5) is 23.4 Å². The molecule has 0 fully saturated rings. The fourth-order valence-corrected chi connectivity index (χ4v) is 3.54. The molecule has 0 saturated heterocycles. The number of pyridine rings is 2. The monoisotopic (exact) mass is 477 g/mol. The van der Waals surface area contributed by atoms with Crippen LogP contribution in [-0.4, -0.2) is 39.7 Å². The number of halogens is 5. The molecule has 1 atom stereocenters. The normalized spacial score (nSPS) is 16.0. The molecule has 1 amide bonds. The maximum absolute atomic E-state index is 13.4. The highest BCUT2D eigenvalue weighted by atomic mass is 35.5. The predicted molar refractivity (Wildman–Crippen MR) is 114 cm³/mol. The van der Waals surface area contributed by atoms with Crippen molar-refractivity contribution in [2.24, 2.45) is 5.10 Å². The summed E-state index contributed by atoms with van der Waals surface area (Å²) < 4.78 is 52.2. The molecular weight excluding hydrogens is 462 g/mol. The average molecular weight is 478 g/mol. The summed E-state index contributed by atoms with van der Waals surface area (Å²) in [4.78, 5) is 20.4. The van der Waals surface area contributed by atoms with E-state index in [1.807, 2.05) is 0 Å². The van der Waals surface area contributed by atoms with E-state index in [-0.39, 0.29) is 24.1 Å². The first kappa shape index (κ1) is 22.7. The number of aromatic nitrogens is 2. The maximum atomic E-state index is 13.4. The lowest BCUT2D eigenvalue weighted by Crippen LogP contribution is -2.29. The molecule has 0 saturated carbocycles. The first-order valence-electron chi connectivity index (χ1n) is 9.74. The van der Waals surface area contributed by atoms with Gasteiger partial charge in [-0.05, 0) is 42.0 Å². The molecular formula is C22H16ClF4N5O. The lowest BCUT2D eigenvalue weighted by atomic mass is 9.94. The molecule has 33 heavy (non-hydrogen) atoms. The van der Waals surface area contributed by atoms with E-state index in [1.54, 1.807) is 18.2 Å². The molecule has 0 radical (unpaired) electrons. The molecule has 1 aliphatic rings. The number of hydrogen-bond donors (Lipinski definition) is 1. The minimum absolute atomic E-state index is 0.143. The van der Waals surface area contributed by atoms with E-state index >= 15 is 0 Å². The van der Waals surface area contributed by atoms with Crippen molar-refractivity contribution in [2.45, 2.75) is 12.1 Å². The third-order valence-electron chi connectivity index (χ3n) is 4.89. The van der Waals surface area contributed by atoms with Gasteiger partial charge < -0.3 is 5.32 Å². The highest BCUT2D eigenvalue weighted by Gasteiger charge is 2.34. The lowest BCUT2D eigenvalue weighted by molar-refractivity contribution is -0.137. The van der Waals surface area contributed by atoms with Crippen molar-refractivity contribution in [2.75, 3.05) is 18.4 Å². The number of anilines is 1. The molecule has 170 valence electrons.